The summed E-state index contributed by atoms with van der Waals surface area (Å²) in [6.45, 7) is 3.94. The number of amides is 2. The highest BCUT2D eigenvalue weighted by atomic mass is 16.5. The standard InChI is InChI=1S/C21H29N3O3/c1-4-24(3)20(25)15-23-21(26)18-13-16-9-5-6-10-17(16)14-19(18)27-12-8-7-11-22-2/h5-6,9-10,13-14,22H,4,7-8,11-12,15H2,1-3H3,(H,23,26). The molecule has 0 aromatic heterocycles. The fourth-order valence-corrected chi connectivity index (χ4v) is 2.66. The first-order chi connectivity index (χ1) is 13.1. The van der Waals surface area contributed by atoms with Crippen molar-refractivity contribution in [1.29, 1.82) is 0 Å². The molecule has 0 aliphatic heterocycles. The smallest absolute Gasteiger partial charge is 0.255 e. The zero-order chi connectivity index (χ0) is 19.6. The molecule has 2 aromatic carbocycles. The van der Waals surface area contributed by atoms with Gasteiger partial charge >= 0.3 is 0 Å². The number of carbonyl (C=O) groups is 2. The third-order valence-electron chi connectivity index (χ3n) is 4.47. The van der Waals surface area contributed by atoms with Crippen molar-refractivity contribution in [2.24, 2.45) is 0 Å². The maximum absolute atomic E-state index is 12.7. The lowest BCUT2D eigenvalue weighted by Gasteiger charge is -2.16. The second kappa shape index (κ2) is 10.5. The minimum Gasteiger partial charge on any atom is -0.493 e. The van der Waals surface area contributed by atoms with Gasteiger partial charge in [0, 0.05) is 13.6 Å². The Hall–Kier alpha value is -2.60. The lowest BCUT2D eigenvalue weighted by molar-refractivity contribution is -0.128. The lowest BCUT2D eigenvalue weighted by Crippen LogP contribution is -2.38. The molecule has 0 aliphatic rings. The Morgan fingerprint density at radius 1 is 1.11 bits per heavy atom. The van der Waals surface area contributed by atoms with Crippen LogP contribution in [0.1, 0.15) is 30.1 Å². The van der Waals surface area contributed by atoms with Crippen LogP contribution in [0.3, 0.4) is 0 Å². The maximum Gasteiger partial charge on any atom is 0.255 e. The molecule has 0 heterocycles. The Balaban J connectivity index is 2.14. The van der Waals surface area contributed by atoms with Crippen molar-refractivity contribution in [3.05, 3.63) is 42.0 Å². The lowest BCUT2D eigenvalue weighted by atomic mass is 10.1. The van der Waals surface area contributed by atoms with Gasteiger partial charge in [-0.1, -0.05) is 24.3 Å². The summed E-state index contributed by atoms with van der Waals surface area (Å²) in [6, 6.07) is 11.5. The van der Waals surface area contributed by atoms with Gasteiger partial charge in [-0.05, 0) is 56.3 Å². The number of nitrogens with one attached hydrogen (secondary N) is 2. The molecule has 6 nitrogen and oxygen atoms in total. The number of hydrogen-bond acceptors (Lipinski definition) is 4. The van der Waals surface area contributed by atoms with Crippen LogP contribution >= 0.6 is 0 Å². The molecule has 0 saturated heterocycles. The summed E-state index contributed by atoms with van der Waals surface area (Å²) in [5.41, 5.74) is 0.453. The van der Waals surface area contributed by atoms with Gasteiger partial charge in [0.1, 0.15) is 5.75 Å². The predicted octanol–water partition coefficient (Wildman–Crippen LogP) is 2.43. The van der Waals surface area contributed by atoms with Gasteiger partial charge < -0.3 is 20.3 Å². The molecule has 0 fully saturated rings. The van der Waals surface area contributed by atoms with Gasteiger partial charge in [-0.15, -0.1) is 0 Å². The van der Waals surface area contributed by atoms with Gasteiger partial charge in [-0.2, -0.15) is 0 Å². The van der Waals surface area contributed by atoms with Crippen LogP contribution < -0.4 is 15.4 Å². The summed E-state index contributed by atoms with van der Waals surface area (Å²) in [4.78, 5) is 26.2. The highest BCUT2D eigenvalue weighted by Crippen LogP contribution is 2.26. The molecule has 27 heavy (non-hydrogen) atoms. The van der Waals surface area contributed by atoms with Crippen molar-refractivity contribution in [3.8, 4) is 5.75 Å². The number of unbranched alkanes of at least 4 members (excludes halogenated alkanes) is 1. The SMILES string of the molecule is CCN(C)C(=O)CNC(=O)c1cc2ccccc2cc1OCCCCNC. The van der Waals surface area contributed by atoms with E-state index >= 15 is 0 Å². The molecule has 0 bridgehead atoms. The van der Waals surface area contributed by atoms with E-state index in [1.807, 2.05) is 50.4 Å². The van der Waals surface area contributed by atoms with E-state index in [4.69, 9.17) is 4.74 Å². The minimum atomic E-state index is -0.302. The molecule has 0 radical (unpaired) electrons. The fraction of sp³-hybridized carbons (Fsp3) is 0.429. The maximum atomic E-state index is 12.7. The number of benzene rings is 2. The Labute approximate surface area is 160 Å². The molecule has 2 aromatic rings. The van der Waals surface area contributed by atoms with Gasteiger partial charge in [0.05, 0.1) is 18.7 Å². The molecular formula is C21H29N3O3. The van der Waals surface area contributed by atoms with Crippen molar-refractivity contribution >= 4 is 22.6 Å². The van der Waals surface area contributed by atoms with E-state index in [2.05, 4.69) is 10.6 Å². The molecule has 146 valence electrons. The summed E-state index contributed by atoms with van der Waals surface area (Å²) in [5, 5.41) is 7.79. The van der Waals surface area contributed by atoms with Crippen LogP contribution in [0.5, 0.6) is 5.75 Å². The highest BCUT2D eigenvalue weighted by molar-refractivity contribution is 6.02. The third kappa shape index (κ3) is 5.96. The molecular weight excluding hydrogens is 342 g/mol. The first-order valence-electron chi connectivity index (χ1n) is 9.39. The van der Waals surface area contributed by atoms with Gasteiger partial charge in [0.15, 0.2) is 0 Å². The van der Waals surface area contributed by atoms with Crippen LogP contribution in [-0.2, 0) is 4.79 Å². The second-order valence-electron chi connectivity index (χ2n) is 6.45. The number of rotatable bonds is 10. The average Bonchev–Trinajstić information content (AvgIpc) is 2.70. The minimum absolute atomic E-state index is 0.0301. The second-order valence-corrected chi connectivity index (χ2v) is 6.45. The fourth-order valence-electron chi connectivity index (χ4n) is 2.66. The average molecular weight is 371 g/mol. The van der Waals surface area contributed by atoms with Crippen LogP contribution in [0.2, 0.25) is 0 Å². The van der Waals surface area contributed by atoms with Crippen LogP contribution in [0.25, 0.3) is 10.8 Å². The highest BCUT2D eigenvalue weighted by Gasteiger charge is 2.16. The van der Waals surface area contributed by atoms with Gasteiger partial charge in [0.25, 0.3) is 5.91 Å². The van der Waals surface area contributed by atoms with E-state index in [1.54, 1.807) is 11.9 Å². The first kappa shape index (κ1) is 20.7. The number of likely N-dealkylation sites (N-methyl/N-ethyl adjacent to an activating group) is 1. The van der Waals surface area contributed by atoms with E-state index in [0.29, 0.717) is 24.5 Å². The summed E-state index contributed by atoms with van der Waals surface area (Å²) in [5.74, 6) is 0.122. The molecule has 2 N–H and O–H groups in total. The van der Waals surface area contributed by atoms with Crippen molar-refractivity contribution < 1.29 is 14.3 Å². The zero-order valence-corrected chi connectivity index (χ0v) is 16.4. The number of nitrogens with zero attached hydrogens (tertiary/aromatic N) is 1. The van der Waals surface area contributed by atoms with Gasteiger partial charge in [0.2, 0.25) is 5.91 Å². The van der Waals surface area contributed by atoms with Crippen LogP contribution in [0, 0.1) is 0 Å². The Morgan fingerprint density at radius 3 is 2.48 bits per heavy atom. The number of fused-ring (bicyclic) bond motifs is 1. The van der Waals surface area contributed by atoms with Crippen LogP contribution in [0.15, 0.2) is 36.4 Å². The Bertz CT molecular complexity index is 776. The van der Waals surface area contributed by atoms with Gasteiger partial charge in [-0.25, -0.2) is 0 Å². The molecule has 0 atom stereocenters. The molecule has 2 amide bonds. The molecule has 0 saturated carbocycles. The number of carbonyl (C=O) groups excluding carboxylic acids is 2. The van der Waals surface area contributed by atoms with E-state index in [1.165, 1.54) is 0 Å². The summed E-state index contributed by atoms with van der Waals surface area (Å²) in [6.07, 6.45) is 1.90. The molecule has 6 heteroatoms. The molecule has 0 spiro atoms. The van der Waals surface area contributed by atoms with Crippen molar-refractivity contribution in [2.45, 2.75) is 19.8 Å². The zero-order valence-electron chi connectivity index (χ0n) is 16.4. The molecule has 0 unspecified atom stereocenters. The number of hydrogen-bond donors (Lipinski definition) is 2. The Morgan fingerprint density at radius 2 is 1.81 bits per heavy atom. The van der Waals surface area contributed by atoms with E-state index in [9.17, 15) is 9.59 Å². The van der Waals surface area contributed by atoms with Gasteiger partial charge in [-0.3, -0.25) is 9.59 Å². The van der Waals surface area contributed by atoms with E-state index in [-0.39, 0.29) is 18.4 Å². The predicted molar refractivity (Wildman–Crippen MR) is 108 cm³/mol. The Kier molecular flexibility index (Phi) is 8.07. The molecule has 0 aliphatic carbocycles. The summed E-state index contributed by atoms with van der Waals surface area (Å²) >= 11 is 0. The van der Waals surface area contributed by atoms with Crippen LogP contribution in [-0.4, -0.2) is 57.1 Å². The third-order valence-corrected chi connectivity index (χ3v) is 4.47. The van der Waals surface area contributed by atoms with E-state index in [0.717, 1.165) is 30.2 Å². The normalized spacial score (nSPS) is 10.6. The largest absolute Gasteiger partial charge is 0.493 e. The number of ether oxygens (including phenoxy) is 1. The monoisotopic (exact) mass is 371 g/mol. The first-order valence-corrected chi connectivity index (χ1v) is 9.39. The van der Waals surface area contributed by atoms with Crippen molar-refractivity contribution in [1.82, 2.24) is 15.5 Å². The quantitative estimate of drug-likeness (QED) is 0.629. The van der Waals surface area contributed by atoms with Crippen molar-refractivity contribution in [2.75, 3.05) is 40.3 Å². The van der Waals surface area contributed by atoms with E-state index < -0.39 is 0 Å². The van der Waals surface area contributed by atoms with Crippen molar-refractivity contribution in [3.63, 3.8) is 0 Å². The topological polar surface area (TPSA) is 70.7 Å². The molecule has 2 rings (SSSR count). The van der Waals surface area contributed by atoms with Crippen LogP contribution in [0.4, 0.5) is 0 Å². The summed E-state index contributed by atoms with van der Waals surface area (Å²) < 4.78 is 5.90. The summed E-state index contributed by atoms with van der Waals surface area (Å²) in [7, 11) is 3.63.